The van der Waals surface area contributed by atoms with E-state index in [9.17, 15) is 0 Å². The van der Waals surface area contributed by atoms with Crippen LogP contribution < -0.4 is 5.32 Å². The summed E-state index contributed by atoms with van der Waals surface area (Å²) in [7, 11) is 6.48. The first-order valence-corrected chi connectivity index (χ1v) is 8.40. The molecule has 114 valence electrons. The van der Waals surface area contributed by atoms with E-state index in [-0.39, 0.29) is 5.54 Å². The molecule has 4 nitrogen and oxygen atoms in total. The van der Waals surface area contributed by atoms with Gasteiger partial charge in [-0.05, 0) is 55.8 Å². The molecule has 0 amide bonds. The van der Waals surface area contributed by atoms with Crippen LogP contribution in [0.15, 0.2) is 10.7 Å². The number of rotatable bonds is 6. The minimum atomic E-state index is 0.200. The molecule has 1 unspecified atom stereocenters. The van der Waals surface area contributed by atoms with E-state index in [2.05, 4.69) is 52.3 Å². The van der Waals surface area contributed by atoms with Gasteiger partial charge in [-0.1, -0.05) is 19.8 Å². The van der Waals surface area contributed by atoms with Crippen LogP contribution in [0.25, 0.3) is 0 Å². The highest BCUT2D eigenvalue weighted by atomic mass is 79.9. The maximum atomic E-state index is 4.42. The molecule has 0 aromatic carbocycles. The van der Waals surface area contributed by atoms with Crippen molar-refractivity contribution in [1.29, 1.82) is 0 Å². The second-order valence-electron chi connectivity index (χ2n) is 6.09. The monoisotopic (exact) mass is 342 g/mol. The van der Waals surface area contributed by atoms with Crippen LogP contribution in [0.2, 0.25) is 0 Å². The molecule has 2 rings (SSSR count). The van der Waals surface area contributed by atoms with Gasteiger partial charge in [-0.15, -0.1) is 0 Å². The maximum absolute atomic E-state index is 4.42. The van der Waals surface area contributed by atoms with Gasteiger partial charge in [0.05, 0.1) is 22.4 Å². The summed E-state index contributed by atoms with van der Waals surface area (Å²) in [6.07, 6.45) is 8.19. The molecular formula is C15H27BrN4. The Bertz CT molecular complexity index is 416. The van der Waals surface area contributed by atoms with Crippen LogP contribution in [0.4, 0.5) is 0 Å². The van der Waals surface area contributed by atoms with Crippen molar-refractivity contribution < 1.29 is 0 Å². The van der Waals surface area contributed by atoms with Crippen molar-refractivity contribution in [2.75, 3.05) is 20.6 Å². The summed E-state index contributed by atoms with van der Waals surface area (Å²) in [5.74, 6) is 0. The standard InChI is InChI=1S/C15H27BrN4/c1-5-10-17-14(13-12(16)11-18-20(13)4)15(19(2)3)8-6-7-9-15/h11,14,17H,5-10H2,1-4H3. The third-order valence-electron chi connectivity index (χ3n) is 4.71. The third kappa shape index (κ3) is 2.81. The van der Waals surface area contributed by atoms with Crippen molar-refractivity contribution >= 4 is 15.9 Å². The number of halogens is 1. The number of aromatic nitrogens is 2. The fourth-order valence-corrected chi connectivity index (χ4v) is 4.13. The lowest BCUT2D eigenvalue weighted by molar-refractivity contribution is 0.100. The van der Waals surface area contributed by atoms with Crippen molar-refractivity contribution in [2.24, 2.45) is 7.05 Å². The van der Waals surface area contributed by atoms with E-state index in [0.717, 1.165) is 17.4 Å². The lowest BCUT2D eigenvalue weighted by Gasteiger charge is -2.44. The quantitative estimate of drug-likeness (QED) is 0.862. The minimum absolute atomic E-state index is 0.200. The molecule has 1 heterocycles. The SMILES string of the molecule is CCCNC(c1c(Br)cnn1C)C1(N(C)C)CCCC1. The van der Waals surface area contributed by atoms with Crippen molar-refractivity contribution in [2.45, 2.75) is 50.6 Å². The summed E-state index contributed by atoms with van der Waals surface area (Å²) in [4.78, 5) is 2.42. The Kier molecular flexibility index (Phi) is 5.26. The summed E-state index contributed by atoms with van der Waals surface area (Å²) in [6, 6.07) is 0.321. The number of likely N-dealkylation sites (N-methyl/N-ethyl adjacent to an activating group) is 1. The molecule has 1 fully saturated rings. The van der Waals surface area contributed by atoms with E-state index < -0.39 is 0 Å². The van der Waals surface area contributed by atoms with E-state index in [0.29, 0.717) is 6.04 Å². The third-order valence-corrected chi connectivity index (χ3v) is 5.32. The molecule has 0 spiro atoms. The van der Waals surface area contributed by atoms with Crippen molar-refractivity contribution in [1.82, 2.24) is 20.0 Å². The van der Waals surface area contributed by atoms with Gasteiger partial charge in [0.1, 0.15) is 0 Å². The van der Waals surface area contributed by atoms with E-state index in [1.165, 1.54) is 31.4 Å². The first-order valence-electron chi connectivity index (χ1n) is 7.61. The Morgan fingerprint density at radius 3 is 2.55 bits per heavy atom. The molecule has 1 aliphatic carbocycles. The Balaban J connectivity index is 2.41. The maximum Gasteiger partial charge on any atom is 0.0711 e. The number of nitrogens with one attached hydrogen (secondary N) is 1. The molecule has 0 radical (unpaired) electrons. The molecule has 1 aliphatic rings. The average Bonchev–Trinajstić information content (AvgIpc) is 3.01. The van der Waals surface area contributed by atoms with Gasteiger partial charge < -0.3 is 10.2 Å². The number of nitrogens with zero attached hydrogens (tertiary/aromatic N) is 3. The largest absolute Gasteiger partial charge is 0.307 e. The molecule has 1 aromatic rings. The zero-order valence-corrected chi connectivity index (χ0v) is 14.7. The first-order chi connectivity index (χ1) is 9.53. The smallest absolute Gasteiger partial charge is 0.0711 e. The fraction of sp³-hybridized carbons (Fsp3) is 0.800. The van der Waals surface area contributed by atoms with Gasteiger partial charge in [-0.2, -0.15) is 5.10 Å². The summed E-state index contributed by atoms with van der Waals surface area (Å²) in [5, 5.41) is 8.20. The lowest BCUT2D eigenvalue weighted by Crippen LogP contribution is -2.52. The van der Waals surface area contributed by atoms with Crippen LogP contribution in [-0.2, 0) is 7.05 Å². The fourth-order valence-electron chi connectivity index (χ4n) is 3.56. The lowest BCUT2D eigenvalue weighted by atomic mass is 9.84. The Morgan fingerprint density at radius 1 is 1.45 bits per heavy atom. The highest BCUT2D eigenvalue weighted by Gasteiger charge is 2.45. The van der Waals surface area contributed by atoms with Crippen LogP contribution in [0.3, 0.4) is 0 Å². The van der Waals surface area contributed by atoms with Gasteiger partial charge >= 0.3 is 0 Å². The van der Waals surface area contributed by atoms with Crippen LogP contribution in [0.5, 0.6) is 0 Å². The van der Waals surface area contributed by atoms with Gasteiger partial charge in [0, 0.05) is 12.6 Å². The summed E-state index contributed by atoms with van der Waals surface area (Å²) < 4.78 is 3.13. The number of hydrogen-bond donors (Lipinski definition) is 1. The van der Waals surface area contributed by atoms with Gasteiger partial charge in [-0.25, -0.2) is 0 Å². The van der Waals surface area contributed by atoms with E-state index in [1.54, 1.807) is 0 Å². The van der Waals surface area contributed by atoms with E-state index in [1.807, 2.05) is 17.9 Å². The van der Waals surface area contributed by atoms with Crippen LogP contribution in [-0.4, -0.2) is 40.9 Å². The van der Waals surface area contributed by atoms with E-state index in [4.69, 9.17) is 0 Å². The molecule has 0 aliphatic heterocycles. The topological polar surface area (TPSA) is 33.1 Å². The molecule has 1 aromatic heterocycles. The Labute approximate surface area is 131 Å². The molecular weight excluding hydrogens is 316 g/mol. The highest BCUT2D eigenvalue weighted by Crippen LogP contribution is 2.44. The Morgan fingerprint density at radius 2 is 2.10 bits per heavy atom. The first kappa shape index (κ1) is 16.0. The summed E-state index contributed by atoms with van der Waals surface area (Å²) in [5.41, 5.74) is 1.47. The van der Waals surface area contributed by atoms with Gasteiger partial charge in [0.25, 0.3) is 0 Å². The molecule has 0 bridgehead atoms. The van der Waals surface area contributed by atoms with Crippen LogP contribution >= 0.6 is 15.9 Å². The molecule has 1 saturated carbocycles. The molecule has 5 heteroatoms. The predicted octanol–water partition coefficient (Wildman–Crippen LogP) is 3.10. The zero-order valence-electron chi connectivity index (χ0n) is 13.1. The number of aryl methyl sites for hydroxylation is 1. The predicted molar refractivity (Wildman–Crippen MR) is 86.8 cm³/mol. The molecule has 20 heavy (non-hydrogen) atoms. The number of hydrogen-bond acceptors (Lipinski definition) is 3. The van der Waals surface area contributed by atoms with Gasteiger partial charge in [0.2, 0.25) is 0 Å². The molecule has 1 N–H and O–H groups in total. The highest BCUT2D eigenvalue weighted by molar-refractivity contribution is 9.10. The Hall–Kier alpha value is -0.390. The molecule has 0 saturated heterocycles. The zero-order chi connectivity index (χ0) is 14.8. The van der Waals surface area contributed by atoms with Gasteiger partial charge in [0.15, 0.2) is 0 Å². The van der Waals surface area contributed by atoms with Crippen molar-refractivity contribution in [3.63, 3.8) is 0 Å². The van der Waals surface area contributed by atoms with Crippen LogP contribution in [0, 0.1) is 0 Å². The minimum Gasteiger partial charge on any atom is -0.307 e. The second-order valence-corrected chi connectivity index (χ2v) is 6.95. The normalized spacial score (nSPS) is 19.7. The summed E-state index contributed by atoms with van der Waals surface area (Å²) in [6.45, 7) is 3.26. The van der Waals surface area contributed by atoms with Crippen molar-refractivity contribution in [3.05, 3.63) is 16.4 Å². The average molecular weight is 343 g/mol. The summed E-state index contributed by atoms with van der Waals surface area (Å²) >= 11 is 3.69. The van der Waals surface area contributed by atoms with Gasteiger partial charge in [-0.3, -0.25) is 4.68 Å². The molecule has 1 atom stereocenters. The van der Waals surface area contributed by atoms with Crippen molar-refractivity contribution in [3.8, 4) is 0 Å². The second kappa shape index (κ2) is 6.58. The van der Waals surface area contributed by atoms with Crippen LogP contribution in [0.1, 0.15) is 50.8 Å². The van der Waals surface area contributed by atoms with E-state index >= 15 is 0 Å².